The predicted molar refractivity (Wildman–Crippen MR) is 114 cm³/mol. The summed E-state index contributed by atoms with van der Waals surface area (Å²) in [5.74, 6) is 0.286. The predicted octanol–water partition coefficient (Wildman–Crippen LogP) is 3.74. The van der Waals surface area contributed by atoms with Gasteiger partial charge in [-0.1, -0.05) is 0 Å². The summed E-state index contributed by atoms with van der Waals surface area (Å²) in [6.45, 7) is 0.136. The summed E-state index contributed by atoms with van der Waals surface area (Å²) in [6.07, 6.45) is -5.16. The third kappa shape index (κ3) is 3.47. The van der Waals surface area contributed by atoms with Crippen LogP contribution < -0.4 is 15.2 Å². The Morgan fingerprint density at radius 3 is 2.49 bits per heavy atom. The van der Waals surface area contributed by atoms with Crippen LogP contribution in [0.3, 0.4) is 0 Å². The maximum Gasteiger partial charge on any atom is 0.417 e. The van der Waals surface area contributed by atoms with E-state index >= 15 is 0 Å². The number of imidazole rings is 1. The molecule has 1 fully saturated rings. The van der Waals surface area contributed by atoms with E-state index in [1.165, 1.54) is 22.6 Å². The number of nitrogens with zero attached hydrogens (tertiary/aromatic N) is 4. The maximum atomic E-state index is 13.4. The number of rotatable bonds is 3. The van der Waals surface area contributed by atoms with Gasteiger partial charge < -0.3 is 14.6 Å². The molecular weight excluding hydrogens is 469 g/mol. The standard InChI is InChI=1S/C23H17F3N4O5/c1-34-15-4-6-16(7-5-15)35-22(33)28-11-14-9-18(28)19-20(31)30(21(32)29(14)19)13-3-2-12(10-27)17(8-13)23(24,25)26/h2-8,14,18,31H,9,11H2,1H3. The first-order valence-corrected chi connectivity index (χ1v) is 10.4. The van der Waals surface area contributed by atoms with Crippen molar-refractivity contribution in [3.63, 3.8) is 0 Å². The van der Waals surface area contributed by atoms with Gasteiger partial charge >= 0.3 is 18.0 Å². The highest BCUT2D eigenvalue weighted by Crippen LogP contribution is 2.49. The fraction of sp³-hybridized carbons (Fsp3) is 0.261. The average Bonchev–Trinajstić information content (AvgIpc) is 3.50. The number of aromatic hydroxyl groups is 1. The van der Waals surface area contributed by atoms with E-state index in [0.29, 0.717) is 18.2 Å². The highest BCUT2D eigenvalue weighted by atomic mass is 19.4. The summed E-state index contributed by atoms with van der Waals surface area (Å²) < 4.78 is 52.8. The van der Waals surface area contributed by atoms with E-state index < -0.39 is 47.0 Å². The second-order valence-corrected chi connectivity index (χ2v) is 8.14. The van der Waals surface area contributed by atoms with E-state index in [4.69, 9.17) is 14.7 Å². The van der Waals surface area contributed by atoms with Gasteiger partial charge in [0.25, 0.3) is 0 Å². The monoisotopic (exact) mass is 486 g/mol. The molecule has 180 valence electrons. The van der Waals surface area contributed by atoms with Gasteiger partial charge in [0.05, 0.1) is 42.1 Å². The van der Waals surface area contributed by atoms with Crippen LogP contribution >= 0.6 is 0 Å². The molecule has 2 atom stereocenters. The summed E-state index contributed by atoms with van der Waals surface area (Å²) in [5, 5.41) is 19.9. The van der Waals surface area contributed by atoms with Crippen molar-refractivity contribution in [2.24, 2.45) is 0 Å². The number of alkyl halides is 3. The van der Waals surface area contributed by atoms with Gasteiger partial charge in [-0.15, -0.1) is 0 Å². The van der Waals surface area contributed by atoms with Gasteiger partial charge in [-0.25, -0.2) is 14.2 Å². The fourth-order valence-electron chi connectivity index (χ4n) is 4.69. The number of hydrogen-bond acceptors (Lipinski definition) is 6. The quantitative estimate of drug-likeness (QED) is 0.604. The van der Waals surface area contributed by atoms with Crippen LogP contribution in [-0.2, 0) is 6.18 Å². The number of amides is 1. The van der Waals surface area contributed by atoms with Gasteiger partial charge in [0, 0.05) is 6.54 Å². The molecule has 9 nitrogen and oxygen atoms in total. The Morgan fingerprint density at radius 1 is 1.17 bits per heavy atom. The van der Waals surface area contributed by atoms with Crippen molar-refractivity contribution in [2.45, 2.75) is 24.7 Å². The molecule has 2 aromatic carbocycles. The van der Waals surface area contributed by atoms with Crippen LogP contribution in [0.4, 0.5) is 18.0 Å². The zero-order valence-electron chi connectivity index (χ0n) is 18.1. The van der Waals surface area contributed by atoms with Crippen LogP contribution in [0.15, 0.2) is 47.3 Å². The summed E-state index contributed by atoms with van der Waals surface area (Å²) in [4.78, 5) is 27.3. The minimum absolute atomic E-state index is 0.121. The number of likely N-dealkylation sites (tertiary alicyclic amines) is 1. The molecule has 1 saturated heterocycles. The second-order valence-electron chi connectivity index (χ2n) is 8.14. The van der Waals surface area contributed by atoms with Crippen molar-refractivity contribution in [3.8, 4) is 29.1 Å². The molecule has 35 heavy (non-hydrogen) atoms. The molecule has 1 N–H and O–H groups in total. The first kappa shape index (κ1) is 22.4. The van der Waals surface area contributed by atoms with Gasteiger partial charge in [-0.2, -0.15) is 18.4 Å². The van der Waals surface area contributed by atoms with Crippen LogP contribution in [-0.4, -0.2) is 38.9 Å². The second kappa shape index (κ2) is 7.83. The number of benzene rings is 2. The Hall–Kier alpha value is -4.40. The third-order valence-corrected chi connectivity index (χ3v) is 6.24. The molecule has 1 aromatic heterocycles. The Kier molecular flexibility index (Phi) is 5.01. The Balaban J connectivity index is 1.48. The van der Waals surface area contributed by atoms with E-state index in [0.717, 1.165) is 16.7 Å². The molecule has 0 spiro atoms. The first-order chi connectivity index (χ1) is 16.6. The number of aromatic nitrogens is 2. The van der Waals surface area contributed by atoms with Crippen LogP contribution in [0.2, 0.25) is 0 Å². The van der Waals surface area contributed by atoms with E-state index in [-0.39, 0.29) is 23.7 Å². The van der Waals surface area contributed by atoms with Crippen molar-refractivity contribution < 1.29 is 32.5 Å². The molecular formula is C23H17F3N4O5. The molecule has 0 aliphatic carbocycles. The third-order valence-electron chi connectivity index (χ3n) is 6.24. The molecule has 3 heterocycles. The number of carbonyl (C=O) groups excluding carboxylic acids is 1. The smallest absolute Gasteiger partial charge is 0.417 e. The zero-order chi connectivity index (χ0) is 25.1. The Bertz CT molecular complexity index is 1440. The summed E-state index contributed by atoms with van der Waals surface area (Å²) in [7, 11) is 1.50. The molecule has 0 saturated carbocycles. The number of carbonyl (C=O) groups is 1. The normalized spacial score (nSPS) is 18.3. The number of ether oxygens (including phenoxy) is 2. The Labute approximate surface area is 195 Å². The van der Waals surface area contributed by atoms with Gasteiger partial charge in [-0.05, 0) is 48.9 Å². The largest absolute Gasteiger partial charge is 0.497 e. The molecule has 0 radical (unpaired) electrons. The molecule has 1 amide bonds. The van der Waals surface area contributed by atoms with Crippen LogP contribution in [0.5, 0.6) is 17.4 Å². The molecule has 12 heteroatoms. The van der Waals surface area contributed by atoms with Crippen LogP contribution in [0.25, 0.3) is 5.69 Å². The summed E-state index contributed by atoms with van der Waals surface area (Å²) in [6, 6.07) is 9.40. The number of methoxy groups -OCH3 is 1. The minimum atomic E-state index is -4.83. The van der Waals surface area contributed by atoms with Crippen LogP contribution in [0.1, 0.15) is 35.3 Å². The van der Waals surface area contributed by atoms with Crippen LogP contribution in [0, 0.1) is 11.3 Å². The van der Waals surface area contributed by atoms with E-state index in [2.05, 4.69) is 0 Å². The highest BCUT2D eigenvalue weighted by molar-refractivity contribution is 5.72. The number of hydrogen-bond donors (Lipinski definition) is 1. The number of fused-ring (bicyclic) bond motifs is 5. The molecule has 2 aliphatic rings. The zero-order valence-corrected chi connectivity index (χ0v) is 18.1. The molecule has 2 bridgehead atoms. The number of halogens is 3. The summed E-state index contributed by atoms with van der Waals surface area (Å²) in [5.41, 5.74) is -2.68. The van der Waals surface area contributed by atoms with Crippen molar-refractivity contribution in [3.05, 3.63) is 69.8 Å². The Morgan fingerprint density at radius 2 is 1.86 bits per heavy atom. The molecule has 2 aliphatic heterocycles. The van der Waals surface area contributed by atoms with Crippen molar-refractivity contribution in [1.82, 2.24) is 14.0 Å². The van der Waals surface area contributed by atoms with E-state index in [9.17, 15) is 27.9 Å². The lowest BCUT2D eigenvalue weighted by molar-refractivity contribution is -0.137. The van der Waals surface area contributed by atoms with Gasteiger partial charge in [0.15, 0.2) is 0 Å². The topological polar surface area (TPSA) is 110 Å². The van der Waals surface area contributed by atoms with Gasteiger partial charge in [-0.3, -0.25) is 9.47 Å². The lowest BCUT2D eigenvalue weighted by Crippen LogP contribution is -2.39. The SMILES string of the molecule is COc1ccc(OC(=O)N2CC3CC2c2c(O)n(-c4ccc(C#N)c(C(F)(F)F)c4)c(=O)n23)cc1. The molecule has 5 rings (SSSR count). The van der Waals surface area contributed by atoms with Crippen molar-refractivity contribution in [2.75, 3.05) is 13.7 Å². The fourth-order valence-corrected chi connectivity index (χ4v) is 4.69. The van der Waals surface area contributed by atoms with E-state index in [1.54, 1.807) is 24.3 Å². The molecule has 2 unspecified atom stereocenters. The molecule has 3 aromatic rings. The van der Waals surface area contributed by atoms with E-state index in [1.807, 2.05) is 0 Å². The van der Waals surface area contributed by atoms with Crippen molar-refractivity contribution in [1.29, 1.82) is 5.26 Å². The number of nitriles is 1. The van der Waals surface area contributed by atoms with Gasteiger partial charge in [0.2, 0.25) is 5.88 Å². The van der Waals surface area contributed by atoms with Crippen molar-refractivity contribution >= 4 is 6.09 Å². The highest BCUT2D eigenvalue weighted by Gasteiger charge is 2.50. The minimum Gasteiger partial charge on any atom is -0.497 e. The lowest BCUT2D eigenvalue weighted by atomic mass is 10.1. The lowest BCUT2D eigenvalue weighted by Gasteiger charge is -2.26. The van der Waals surface area contributed by atoms with Gasteiger partial charge in [0.1, 0.15) is 17.2 Å². The maximum absolute atomic E-state index is 13.4. The first-order valence-electron chi connectivity index (χ1n) is 10.4. The summed E-state index contributed by atoms with van der Waals surface area (Å²) >= 11 is 0. The average molecular weight is 486 g/mol.